The van der Waals surface area contributed by atoms with Gasteiger partial charge in [0.1, 0.15) is 0 Å². The Morgan fingerprint density at radius 3 is 2.68 bits per heavy atom. The average molecular weight is 327 g/mol. The number of hydrogen-bond acceptors (Lipinski definition) is 6. The van der Waals surface area contributed by atoms with E-state index < -0.39 is 9.84 Å². The number of unbranched alkanes of at least 4 members (excludes halogenated alkanes) is 1. The van der Waals surface area contributed by atoms with Crippen molar-refractivity contribution < 1.29 is 12.8 Å². The van der Waals surface area contributed by atoms with Gasteiger partial charge >= 0.3 is 0 Å². The van der Waals surface area contributed by atoms with Crippen LogP contribution < -0.4 is 0 Å². The van der Waals surface area contributed by atoms with E-state index in [0.29, 0.717) is 24.1 Å². The summed E-state index contributed by atoms with van der Waals surface area (Å²) >= 11 is 0. The molecule has 1 saturated heterocycles. The first-order valence-corrected chi connectivity index (χ1v) is 10.2. The third kappa shape index (κ3) is 3.68. The van der Waals surface area contributed by atoms with E-state index in [1.807, 2.05) is 0 Å². The maximum atomic E-state index is 11.7. The predicted octanol–water partition coefficient (Wildman–Crippen LogP) is 2.13. The Bertz CT molecular complexity index is 595. The highest BCUT2D eigenvalue weighted by atomic mass is 32.2. The first-order valence-electron chi connectivity index (χ1n) is 8.34. The van der Waals surface area contributed by atoms with Crippen LogP contribution in [0.25, 0.3) is 0 Å². The van der Waals surface area contributed by atoms with Crippen molar-refractivity contribution in [3.63, 3.8) is 0 Å². The van der Waals surface area contributed by atoms with Gasteiger partial charge in [-0.05, 0) is 32.2 Å². The summed E-state index contributed by atoms with van der Waals surface area (Å²) in [6.07, 6.45) is 6.39. The largest absolute Gasteiger partial charge is 0.424 e. The highest BCUT2D eigenvalue weighted by Gasteiger charge is 2.33. The second kappa shape index (κ2) is 6.66. The number of hydrogen-bond donors (Lipinski definition) is 0. The number of nitrogens with zero attached hydrogens (tertiary/aromatic N) is 3. The minimum atomic E-state index is -2.87. The molecule has 3 rings (SSSR count). The molecule has 0 aromatic carbocycles. The molecule has 0 amide bonds. The zero-order valence-corrected chi connectivity index (χ0v) is 14.0. The lowest BCUT2D eigenvalue weighted by atomic mass is 9.85. The van der Waals surface area contributed by atoms with Crippen molar-refractivity contribution in [1.82, 2.24) is 15.1 Å². The van der Waals surface area contributed by atoms with E-state index in [4.69, 9.17) is 4.42 Å². The summed E-state index contributed by atoms with van der Waals surface area (Å²) in [7, 11) is -2.87. The van der Waals surface area contributed by atoms with Crippen LogP contribution in [-0.4, -0.2) is 47.6 Å². The summed E-state index contributed by atoms with van der Waals surface area (Å²) in [6, 6.07) is 0.0932. The molecule has 0 radical (unpaired) electrons. The van der Waals surface area contributed by atoms with Gasteiger partial charge in [0, 0.05) is 12.0 Å². The summed E-state index contributed by atoms with van der Waals surface area (Å²) < 4.78 is 29.3. The maximum absolute atomic E-state index is 11.7. The molecule has 6 nitrogen and oxygen atoms in total. The zero-order valence-electron chi connectivity index (χ0n) is 13.2. The molecular formula is C15H25N3O3S. The zero-order chi connectivity index (χ0) is 15.6. The molecular weight excluding hydrogens is 302 g/mol. The number of sulfone groups is 1. The summed E-state index contributed by atoms with van der Waals surface area (Å²) in [4.78, 5) is 2.21. The second-order valence-electron chi connectivity index (χ2n) is 6.54. The fourth-order valence-electron chi connectivity index (χ4n) is 3.14. The van der Waals surface area contributed by atoms with Gasteiger partial charge in [-0.2, -0.15) is 0 Å². The molecule has 124 valence electrons. The van der Waals surface area contributed by atoms with Gasteiger partial charge in [0.25, 0.3) is 0 Å². The van der Waals surface area contributed by atoms with Crippen LogP contribution in [0, 0.1) is 0 Å². The van der Waals surface area contributed by atoms with E-state index in [1.165, 1.54) is 6.42 Å². The van der Waals surface area contributed by atoms with Crippen molar-refractivity contribution >= 4 is 9.84 Å². The van der Waals surface area contributed by atoms with Gasteiger partial charge in [0.05, 0.1) is 18.1 Å². The monoisotopic (exact) mass is 327 g/mol. The average Bonchev–Trinajstić information content (AvgIpc) is 2.99. The van der Waals surface area contributed by atoms with Gasteiger partial charge in [0.15, 0.2) is 9.84 Å². The Morgan fingerprint density at radius 2 is 2.09 bits per heavy atom. The third-order valence-corrected chi connectivity index (χ3v) is 6.55. The highest BCUT2D eigenvalue weighted by molar-refractivity contribution is 7.91. The predicted molar refractivity (Wildman–Crippen MR) is 83.3 cm³/mol. The lowest BCUT2D eigenvalue weighted by molar-refractivity contribution is 0.178. The van der Waals surface area contributed by atoms with Crippen LogP contribution in [0.2, 0.25) is 0 Å². The molecule has 2 aliphatic rings. The molecule has 1 aliphatic carbocycles. The van der Waals surface area contributed by atoms with Crippen LogP contribution in [0.3, 0.4) is 0 Å². The Balaban J connectivity index is 1.65. The van der Waals surface area contributed by atoms with Crippen molar-refractivity contribution in [2.45, 2.75) is 64.0 Å². The van der Waals surface area contributed by atoms with Gasteiger partial charge < -0.3 is 4.42 Å². The van der Waals surface area contributed by atoms with E-state index in [-0.39, 0.29) is 11.8 Å². The maximum Gasteiger partial charge on any atom is 0.230 e. The highest BCUT2D eigenvalue weighted by Crippen LogP contribution is 2.35. The Hall–Kier alpha value is -0.950. The van der Waals surface area contributed by atoms with E-state index in [1.54, 1.807) is 0 Å². The summed E-state index contributed by atoms with van der Waals surface area (Å²) in [5, 5.41) is 8.33. The van der Waals surface area contributed by atoms with Crippen molar-refractivity contribution in [3.8, 4) is 0 Å². The molecule has 0 N–H and O–H groups in total. The van der Waals surface area contributed by atoms with Gasteiger partial charge in [-0.25, -0.2) is 8.42 Å². The summed E-state index contributed by atoms with van der Waals surface area (Å²) in [6.45, 7) is 3.60. The molecule has 1 atom stereocenters. The normalized spacial score (nSPS) is 24.7. The minimum Gasteiger partial charge on any atom is -0.424 e. The van der Waals surface area contributed by atoms with Crippen LogP contribution in [0.1, 0.15) is 63.1 Å². The second-order valence-corrected chi connectivity index (χ2v) is 8.77. The van der Waals surface area contributed by atoms with E-state index in [9.17, 15) is 8.42 Å². The number of aromatic nitrogens is 2. The molecule has 7 heteroatoms. The van der Waals surface area contributed by atoms with E-state index in [0.717, 1.165) is 44.5 Å². The molecule has 0 bridgehead atoms. The molecule has 1 aromatic heterocycles. The molecule has 0 spiro atoms. The van der Waals surface area contributed by atoms with Gasteiger partial charge in [-0.1, -0.05) is 19.8 Å². The molecule has 1 saturated carbocycles. The van der Waals surface area contributed by atoms with Crippen molar-refractivity contribution in [2.75, 3.05) is 18.1 Å². The van der Waals surface area contributed by atoms with Crippen LogP contribution in [-0.2, 0) is 16.4 Å². The molecule has 1 aromatic rings. The van der Waals surface area contributed by atoms with E-state index in [2.05, 4.69) is 22.0 Å². The van der Waals surface area contributed by atoms with Crippen molar-refractivity contribution in [1.29, 1.82) is 0 Å². The van der Waals surface area contributed by atoms with Crippen LogP contribution in [0.4, 0.5) is 0 Å². The molecule has 0 unspecified atom stereocenters. The van der Waals surface area contributed by atoms with Gasteiger partial charge in [-0.15, -0.1) is 10.2 Å². The number of rotatable bonds is 7. The molecule has 2 fully saturated rings. The summed E-state index contributed by atoms with van der Waals surface area (Å²) in [5.41, 5.74) is 0. The smallest absolute Gasteiger partial charge is 0.230 e. The van der Waals surface area contributed by atoms with Crippen LogP contribution in [0.5, 0.6) is 0 Å². The topological polar surface area (TPSA) is 76.3 Å². The third-order valence-electron chi connectivity index (χ3n) is 4.80. The molecule has 1 aliphatic heterocycles. The Labute approximate surface area is 132 Å². The first-order chi connectivity index (χ1) is 10.6. The molecule has 22 heavy (non-hydrogen) atoms. The van der Waals surface area contributed by atoms with Crippen LogP contribution in [0.15, 0.2) is 4.42 Å². The van der Waals surface area contributed by atoms with E-state index >= 15 is 0 Å². The van der Waals surface area contributed by atoms with Crippen molar-refractivity contribution in [3.05, 3.63) is 11.8 Å². The summed E-state index contributed by atoms with van der Waals surface area (Å²) in [5.74, 6) is 2.40. The SMILES string of the molecule is CCCCN(Cc1nnc(C2CCC2)o1)[C@H]1CCS(=O)(=O)C1. The Kier molecular flexibility index (Phi) is 4.82. The standard InChI is InChI=1S/C15H25N3O3S/c1-2-3-8-18(13-7-9-22(19,20)11-13)10-14-16-17-15(21-14)12-5-4-6-12/h12-13H,2-11H2,1H3/t13-/m0/s1. The minimum absolute atomic E-state index is 0.0932. The fourth-order valence-corrected chi connectivity index (χ4v) is 4.90. The Morgan fingerprint density at radius 1 is 1.27 bits per heavy atom. The quantitative estimate of drug-likeness (QED) is 0.763. The lowest BCUT2D eigenvalue weighted by Crippen LogP contribution is -2.36. The van der Waals surface area contributed by atoms with Gasteiger partial charge in [0.2, 0.25) is 11.8 Å². The fraction of sp³-hybridized carbons (Fsp3) is 0.867. The van der Waals surface area contributed by atoms with Gasteiger partial charge in [-0.3, -0.25) is 4.90 Å². The molecule has 2 heterocycles. The lowest BCUT2D eigenvalue weighted by Gasteiger charge is -2.26. The van der Waals surface area contributed by atoms with Crippen molar-refractivity contribution in [2.24, 2.45) is 0 Å². The van der Waals surface area contributed by atoms with Crippen LogP contribution >= 0.6 is 0 Å². The first kappa shape index (κ1) is 15.9.